The Morgan fingerprint density at radius 2 is 1.81 bits per heavy atom. The van der Waals surface area contributed by atoms with Gasteiger partial charge in [0, 0.05) is 44.8 Å². The Kier molecular flexibility index (Phi) is 8.15. The first kappa shape index (κ1) is 24.5. The van der Waals surface area contributed by atoms with Crippen LogP contribution in [0.15, 0.2) is 9.70 Å². The molecule has 1 aromatic heterocycles. The van der Waals surface area contributed by atoms with Crippen molar-refractivity contribution in [2.24, 2.45) is 0 Å². The maximum atomic E-state index is 13.3. The lowest BCUT2D eigenvalue weighted by atomic mass is 10.0. The van der Waals surface area contributed by atoms with Crippen LogP contribution in [0.1, 0.15) is 50.3 Å². The molecule has 9 heteroatoms. The molecular weight excluding hydrogens is 442 g/mol. The fraction of sp³-hybridized carbons (Fsp3) is 0.565. The predicted octanol–water partition coefficient (Wildman–Crippen LogP) is 3.19. The van der Waals surface area contributed by atoms with Crippen LogP contribution in [-0.4, -0.2) is 63.9 Å². The molecule has 32 heavy (non-hydrogen) atoms. The first-order valence-electron chi connectivity index (χ1n) is 11.3. The van der Waals surface area contributed by atoms with Gasteiger partial charge in [-0.3, -0.25) is 19.1 Å². The van der Waals surface area contributed by atoms with Crippen molar-refractivity contribution in [2.45, 2.75) is 47.1 Å². The normalized spacial score (nSPS) is 18.7. The summed E-state index contributed by atoms with van der Waals surface area (Å²) >= 11 is 6.67. The molecule has 2 fully saturated rings. The molecule has 0 bridgehead atoms. The largest absolute Gasteiger partial charge is 0.355 e. The molecule has 3 heterocycles. The number of amides is 1. The number of hydrogen-bond donors (Lipinski definition) is 0. The van der Waals surface area contributed by atoms with Crippen molar-refractivity contribution in [1.29, 1.82) is 5.26 Å². The van der Waals surface area contributed by atoms with Crippen LogP contribution in [0, 0.1) is 18.3 Å². The van der Waals surface area contributed by atoms with Crippen molar-refractivity contribution in [1.82, 2.24) is 14.4 Å². The average molecular weight is 474 g/mol. The average Bonchev–Trinajstić information content (AvgIpc) is 3.07. The highest BCUT2D eigenvalue weighted by Gasteiger charge is 2.32. The number of nitriles is 1. The Hall–Kier alpha value is -2.15. The summed E-state index contributed by atoms with van der Waals surface area (Å²) in [5.41, 5.74) is 1.30. The van der Waals surface area contributed by atoms with Crippen LogP contribution in [-0.2, 0) is 11.3 Å². The van der Waals surface area contributed by atoms with Crippen molar-refractivity contribution in [2.75, 3.05) is 44.2 Å². The van der Waals surface area contributed by atoms with E-state index in [0.717, 1.165) is 56.9 Å². The minimum atomic E-state index is -0.246. The van der Waals surface area contributed by atoms with E-state index in [2.05, 4.69) is 29.7 Å². The van der Waals surface area contributed by atoms with E-state index in [1.54, 1.807) is 9.47 Å². The number of pyridine rings is 1. The minimum Gasteiger partial charge on any atom is -0.355 e. The van der Waals surface area contributed by atoms with Crippen LogP contribution >= 0.6 is 24.0 Å². The molecule has 0 saturated carbocycles. The number of piperazine rings is 1. The van der Waals surface area contributed by atoms with Gasteiger partial charge in [0.15, 0.2) is 0 Å². The molecule has 172 valence electrons. The summed E-state index contributed by atoms with van der Waals surface area (Å²) in [7, 11) is 0. The first-order valence-corrected chi connectivity index (χ1v) is 12.5. The van der Waals surface area contributed by atoms with Gasteiger partial charge in [-0.2, -0.15) is 5.26 Å². The van der Waals surface area contributed by atoms with Crippen molar-refractivity contribution in [3.63, 3.8) is 0 Å². The summed E-state index contributed by atoms with van der Waals surface area (Å²) in [4.78, 5) is 32.9. The third-order valence-corrected chi connectivity index (χ3v) is 7.54. The molecule has 2 aliphatic heterocycles. The Labute approximate surface area is 199 Å². The number of hydrogen-bond acceptors (Lipinski definition) is 7. The van der Waals surface area contributed by atoms with Crippen LogP contribution in [0.2, 0.25) is 0 Å². The summed E-state index contributed by atoms with van der Waals surface area (Å²) < 4.78 is 2.29. The van der Waals surface area contributed by atoms with Gasteiger partial charge in [-0.25, -0.2) is 0 Å². The second kappa shape index (κ2) is 10.6. The Morgan fingerprint density at radius 3 is 2.34 bits per heavy atom. The van der Waals surface area contributed by atoms with Gasteiger partial charge in [0.05, 0.1) is 4.91 Å². The number of aromatic nitrogens is 1. The molecule has 0 unspecified atom stereocenters. The number of rotatable bonds is 7. The Morgan fingerprint density at radius 1 is 1.12 bits per heavy atom. The molecule has 1 amide bonds. The van der Waals surface area contributed by atoms with Crippen molar-refractivity contribution in [3.8, 4) is 6.07 Å². The molecule has 2 aliphatic rings. The van der Waals surface area contributed by atoms with Crippen LogP contribution in [0.3, 0.4) is 0 Å². The van der Waals surface area contributed by atoms with Crippen LogP contribution in [0.25, 0.3) is 6.08 Å². The summed E-state index contributed by atoms with van der Waals surface area (Å²) in [6.45, 7) is 13.4. The SMILES string of the molecule is CCCCn1c(N2CCN(CC)CC2)c(/C=C2/SC(=S)N(CC)C2=O)c(C)c(C#N)c1=O. The van der Waals surface area contributed by atoms with E-state index in [9.17, 15) is 14.9 Å². The topological polar surface area (TPSA) is 72.6 Å². The number of carbonyl (C=O) groups is 1. The second-order valence-corrected chi connectivity index (χ2v) is 9.68. The van der Waals surface area contributed by atoms with Gasteiger partial charge in [0.2, 0.25) is 0 Å². The van der Waals surface area contributed by atoms with E-state index in [1.165, 1.54) is 11.8 Å². The monoisotopic (exact) mass is 473 g/mol. The standard InChI is InChI=1S/C23H31N5O2S2/c1-5-8-9-28-20(26-12-10-25(6-2)11-13-26)17(16(4)18(15-24)21(28)29)14-19-22(30)27(7-3)23(31)32-19/h14H,5-13H2,1-4H3/b19-14+. The van der Waals surface area contributed by atoms with Gasteiger partial charge in [-0.15, -0.1) is 0 Å². The Balaban J connectivity index is 2.21. The van der Waals surface area contributed by atoms with Gasteiger partial charge in [0.1, 0.15) is 21.8 Å². The van der Waals surface area contributed by atoms with E-state index in [-0.39, 0.29) is 17.0 Å². The second-order valence-electron chi connectivity index (χ2n) is 8.01. The first-order chi connectivity index (χ1) is 15.4. The lowest BCUT2D eigenvalue weighted by molar-refractivity contribution is -0.121. The third kappa shape index (κ3) is 4.63. The third-order valence-electron chi connectivity index (χ3n) is 6.17. The van der Waals surface area contributed by atoms with Crippen LogP contribution in [0.4, 0.5) is 5.82 Å². The number of thioether (sulfide) groups is 1. The molecule has 1 aromatic rings. The number of nitrogens with zero attached hydrogens (tertiary/aromatic N) is 5. The number of carbonyl (C=O) groups excluding carboxylic acids is 1. The fourth-order valence-electron chi connectivity index (χ4n) is 4.19. The lowest BCUT2D eigenvalue weighted by Gasteiger charge is -2.37. The van der Waals surface area contributed by atoms with Crippen LogP contribution in [0.5, 0.6) is 0 Å². The molecule has 0 aliphatic carbocycles. The zero-order chi connectivity index (χ0) is 23.4. The Bertz CT molecular complexity index is 1030. The highest BCUT2D eigenvalue weighted by Crippen LogP contribution is 2.36. The minimum absolute atomic E-state index is 0.117. The van der Waals surface area contributed by atoms with Gasteiger partial charge < -0.3 is 9.80 Å². The van der Waals surface area contributed by atoms with Gasteiger partial charge in [0.25, 0.3) is 11.5 Å². The zero-order valence-electron chi connectivity index (χ0n) is 19.3. The molecule has 0 radical (unpaired) electrons. The van der Waals surface area contributed by atoms with E-state index in [0.29, 0.717) is 27.9 Å². The van der Waals surface area contributed by atoms with Gasteiger partial charge in [-0.05, 0) is 38.5 Å². The van der Waals surface area contributed by atoms with E-state index >= 15 is 0 Å². The number of unbranched alkanes of at least 4 members (excludes halogenated alkanes) is 1. The number of likely N-dealkylation sites (N-methyl/N-ethyl adjacent to an activating group) is 2. The fourth-order valence-corrected chi connectivity index (χ4v) is 5.55. The summed E-state index contributed by atoms with van der Waals surface area (Å²) in [5, 5.41) is 9.77. The predicted molar refractivity (Wildman–Crippen MR) is 135 cm³/mol. The van der Waals surface area contributed by atoms with Gasteiger partial charge >= 0.3 is 0 Å². The number of thiocarbonyl (C=S) groups is 1. The molecule has 3 rings (SSSR count). The maximum Gasteiger partial charge on any atom is 0.270 e. The molecule has 0 spiro atoms. The highest BCUT2D eigenvalue weighted by molar-refractivity contribution is 8.26. The van der Waals surface area contributed by atoms with E-state index in [4.69, 9.17) is 12.2 Å². The van der Waals surface area contributed by atoms with Crippen molar-refractivity contribution >= 4 is 46.1 Å². The summed E-state index contributed by atoms with van der Waals surface area (Å²) in [6, 6.07) is 2.11. The van der Waals surface area contributed by atoms with Gasteiger partial charge in [-0.1, -0.05) is 44.2 Å². The summed E-state index contributed by atoms with van der Waals surface area (Å²) in [6.07, 6.45) is 3.62. The summed E-state index contributed by atoms with van der Waals surface area (Å²) in [5.74, 6) is 0.700. The quantitative estimate of drug-likeness (QED) is 0.445. The van der Waals surface area contributed by atoms with E-state index in [1.807, 2.05) is 19.9 Å². The molecule has 0 N–H and O–H groups in total. The number of anilines is 1. The maximum absolute atomic E-state index is 13.3. The molecule has 0 aromatic carbocycles. The highest BCUT2D eigenvalue weighted by atomic mass is 32.2. The zero-order valence-corrected chi connectivity index (χ0v) is 20.9. The molecule has 7 nitrogen and oxygen atoms in total. The molecular formula is C23H31N5O2S2. The van der Waals surface area contributed by atoms with E-state index < -0.39 is 0 Å². The lowest BCUT2D eigenvalue weighted by Crippen LogP contribution is -2.48. The molecule has 2 saturated heterocycles. The van der Waals surface area contributed by atoms with Crippen molar-refractivity contribution in [3.05, 3.63) is 31.9 Å². The van der Waals surface area contributed by atoms with Crippen molar-refractivity contribution < 1.29 is 4.79 Å². The van der Waals surface area contributed by atoms with Crippen LogP contribution < -0.4 is 10.5 Å². The smallest absolute Gasteiger partial charge is 0.270 e. The molecule has 0 atom stereocenters.